The molecule has 0 saturated heterocycles. The highest BCUT2D eigenvalue weighted by molar-refractivity contribution is 7.99. The Morgan fingerprint density at radius 1 is 1.33 bits per heavy atom. The normalized spacial score (nSPS) is 13.9. The Morgan fingerprint density at radius 2 is 1.93 bits per heavy atom. The van der Waals surface area contributed by atoms with Crippen LogP contribution in [-0.4, -0.2) is 22.5 Å². The highest BCUT2D eigenvalue weighted by Gasteiger charge is 2.26. The Kier molecular flexibility index (Phi) is 4.64. The Balaban J connectivity index is 2.49. The fourth-order valence-electron chi connectivity index (χ4n) is 1.17. The lowest BCUT2D eigenvalue weighted by Gasteiger charge is -2.29. The van der Waals surface area contributed by atoms with Crippen molar-refractivity contribution in [2.75, 3.05) is 6.61 Å². The van der Waals surface area contributed by atoms with E-state index in [0.717, 1.165) is 5.75 Å². The van der Waals surface area contributed by atoms with Crippen molar-refractivity contribution in [2.24, 2.45) is 5.73 Å². The zero-order chi connectivity index (χ0) is 11.3. The maximum atomic E-state index is 9.03. The average Bonchev–Trinajstić information content (AvgIpc) is 2.27. The monoisotopic (exact) mass is 225 g/mol. The highest BCUT2D eigenvalue weighted by atomic mass is 32.2. The quantitative estimate of drug-likeness (QED) is 0.806. The van der Waals surface area contributed by atoms with Crippen LogP contribution in [0.15, 0.2) is 30.3 Å². The largest absolute Gasteiger partial charge is 0.395 e. The van der Waals surface area contributed by atoms with Crippen molar-refractivity contribution in [3.05, 3.63) is 35.9 Å². The smallest absolute Gasteiger partial charge is 0.0595 e. The van der Waals surface area contributed by atoms with Crippen LogP contribution in [-0.2, 0) is 5.75 Å². The van der Waals surface area contributed by atoms with Gasteiger partial charge >= 0.3 is 0 Å². The lowest BCUT2D eigenvalue weighted by molar-refractivity contribution is 0.248. The van der Waals surface area contributed by atoms with Crippen molar-refractivity contribution >= 4 is 11.8 Å². The van der Waals surface area contributed by atoms with Crippen LogP contribution in [0, 0.1) is 0 Å². The number of benzene rings is 1. The van der Waals surface area contributed by atoms with Gasteiger partial charge in [0, 0.05) is 16.5 Å². The number of nitrogens with two attached hydrogens (primary N) is 1. The van der Waals surface area contributed by atoms with E-state index in [4.69, 9.17) is 10.8 Å². The van der Waals surface area contributed by atoms with Crippen molar-refractivity contribution < 1.29 is 5.11 Å². The SMILES string of the molecule is CC(C)(SCc1ccccc1)[C@H](N)CO. The molecule has 0 bridgehead atoms. The van der Waals surface area contributed by atoms with Gasteiger partial charge in [-0.1, -0.05) is 30.3 Å². The van der Waals surface area contributed by atoms with Crippen molar-refractivity contribution in [3.63, 3.8) is 0 Å². The minimum Gasteiger partial charge on any atom is -0.395 e. The summed E-state index contributed by atoms with van der Waals surface area (Å²) in [7, 11) is 0. The second-order valence-corrected chi connectivity index (χ2v) is 5.80. The van der Waals surface area contributed by atoms with Gasteiger partial charge in [-0.05, 0) is 19.4 Å². The van der Waals surface area contributed by atoms with Gasteiger partial charge in [-0.2, -0.15) is 0 Å². The Morgan fingerprint density at radius 3 is 2.47 bits per heavy atom. The van der Waals surface area contributed by atoms with Crippen molar-refractivity contribution in [3.8, 4) is 0 Å². The fraction of sp³-hybridized carbons (Fsp3) is 0.500. The molecule has 84 valence electrons. The van der Waals surface area contributed by atoms with Crippen LogP contribution in [0.25, 0.3) is 0 Å². The molecule has 0 aliphatic heterocycles. The van der Waals surface area contributed by atoms with Gasteiger partial charge < -0.3 is 10.8 Å². The summed E-state index contributed by atoms with van der Waals surface area (Å²) in [5, 5.41) is 9.03. The van der Waals surface area contributed by atoms with Gasteiger partial charge in [0.15, 0.2) is 0 Å². The van der Waals surface area contributed by atoms with Crippen LogP contribution < -0.4 is 5.73 Å². The third-order valence-corrected chi connectivity index (χ3v) is 4.07. The van der Waals surface area contributed by atoms with Gasteiger partial charge in [0.1, 0.15) is 0 Å². The molecule has 1 rings (SSSR count). The van der Waals surface area contributed by atoms with Crippen LogP contribution >= 0.6 is 11.8 Å². The molecule has 0 amide bonds. The summed E-state index contributed by atoms with van der Waals surface area (Å²) >= 11 is 1.78. The minimum atomic E-state index is -0.175. The topological polar surface area (TPSA) is 46.2 Å². The van der Waals surface area contributed by atoms with Crippen LogP contribution in [0.2, 0.25) is 0 Å². The van der Waals surface area contributed by atoms with Crippen molar-refractivity contribution in [2.45, 2.75) is 30.4 Å². The minimum absolute atomic E-state index is 0.0365. The average molecular weight is 225 g/mol. The molecule has 0 aromatic heterocycles. The summed E-state index contributed by atoms with van der Waals surface area (Å²) in [6.07, 6.45) is 0. The summed E-state index contributed by atoms with van der Waals surface area (Å²) < 4.78 is -0.0927. The fourth-order valence-corrected chi connectivity index (χ4v) is 2.19. The predicted molar refractivity (Wildman–Crippen MR) is 66.9 cm³/mol. The van der Waals surface area contributed by atoms with Crippen LogP contribution in [0.4, 0.5) is 0 Å². The molecular weight excluding hydrogens is 206 g/mol. The van der Waals surface area contributed by atoms with Gasteiger partial charge in [-0.15, -0.1) is 11.8 Å². The molecule has 1 aromatic rings. The second-order valence-electron chi connectivity index (χ2n) is 4.17. The van der Waals surface area contributed by atoms with Crippen molar-refractivity contribution in [1.29, 1.82) is 0 Å². The molecule has 0 aliphatic rings. The molecule has 0 unspecified atom stereocenters. The lowest BCUT2D eigenvalue weighted by Crippen LogP contribution is -2.43. The molecule has 2 nitrogen and oxygen atoms in total. The van der Waals surface area contributed by atoms with E-state index in [1.54, 1.807) is 11.8 Å². The predicted octanol–water partition coefficient (Wildman–Crippen LogP) is 2.02. The third-order valence-electron chi connectivity index (χ3n) is 2.54. The summed E-state index contributed by atoms with van der Waals surface area (Å²) in [5.74, 6) is 0.932. The number of aliphatic hydroxyl groups excluding tert-OH is 1. The summed E-state index contributed by atoms with van der Waals surface area (Å²) in [6, 6.07) is 10.1. The van der Waals surface area contributed by atoms with E-state index in [0.29, 0.717) is 0 Å². The lowest BCUT2D eigenvalue weighted by atomic mass is 10.1. The molecule has 3 N–H and O–H groups in total. The van der Waals surface area contributed by atoms with E-state index in [2.05, 4.69) is 26.0 Å². The third kappa shape index (κ3) is 3.86. The summed E-state index contributed by atoms with van der Waals surface area (Å²) in [6.45, 7) is 4.18. The number of rotatable bonds is 5. The molecular formula is C12H19NOS. The Hall–Kier alpha value is -0.510. The second kappa shape index (κ2) is 5.54. The maximum Gasteiger partial charge on any atom is 0.0595 e. The van der Waals surface area contributed by atoms with Gasteiger partial charge in [0.2, 0.25) is 0 Å². The first-order chi connectivity index (χ1) is 7.06. The standard InChI is InChI=1S/C12H19NOS/c1-12(2,11(13)8-14)15-9-10-6-4-3-5-7-10/h3-7,11,14H,8-9,13H2,1-2H3/t11-/m1/s1. The Labute approximate surface area is 95.9 Å². The summed E-state index contributed by atoms with van der Waals surface area (Å²) in [4.78, 5) is 0. The van der Waals surface area contributed by atoms with E-state index >= 15 is 0 Å². The van der Waals surface area contributed by atoms with E-state index in [-0.39, 0.29) is 17.4 Å². The zero-order valence-electron chi connectivity index (χ0n) is 9.31. The maximum absolute atomic E-state index is 9.03. The number of hydrogen-bond acceptors (Lipinski definition) is 3. The number of hydrogen-bond donors (Lipinski definition) is 2. The molecule has 0 radical (unpaired) electrons. The van der Waals surface area contributed by atoms with Gasteiger partial charge in [0.25, 0.3) is 0 Å². The first-order valence-corrected chi connectivity index (χ1v) is 6.09. The first-order valence-electron chi connectivity index (χ1n) is 5.10. The molecule has 3 heteroatoms. The molecule has 0 fully saturated rings. The van der Waals surface area contributed by atoms with Crippen LogP contribution in [0.1, 0.15) is 19.4 Å². The van der Waals surface area contributed by atoms with Crippen LogP contribution in [0.3, 0.4) is 0 Å². The molecule has 1 atom stereocenters. The van der Waals surface area contributed by atoms with Gasteiger partial charge in [-0.3, -0.25) is 0 Å². The number of aliphatic hydroxyl groups is 1. The molecule has 0 aliphatic carbocycles. The van der Waals surface area contributed by atoms with E-state index in [9.17, 15) is 0 Å². The summed E-state index contributed by atoms with van der Waals surface area (Å²) in [5.41, 5.74) is 7.14. The molecule has 1 aromatic carbocycles. The molecule has 0 heterocycles. The highest BCUT2D eigenvalue weighted by Crippen LogP contribution is 2.30. The zero-order valence-corrected chi connectivity index (χ0v) is 10.1. The van der Waals surface area contributed by atoms with Crippen molar-refractivity contribution in [1.82, 2.24) is 0 Å². The number of thioether (sulfide) groups is 1. The van der Waals surface area contributed by atoms with E-state index in [1.165, 1.54) is 5.56 Å². The Bertz CT molecular complexity index is 287. The molecule has 15 heavy (non-hydrogen) atoms. The first kappa shape index (κ1) is 12.6. The van der Waals surface area contributed by atoms with Gasteiger partial charge in [-0.25, -0.2) is 0 Å². The van der Waals surface area contributed by atoms with Crippen LogP contribution in [0.5, 0.6) is 0 Å². The van der Waals surface area contributed by atoms with E-state index < -0.39 is 0 Å². The molecule has 0 spiro atoms. The van der Waals surface area contributed by atoms with Gasteiger partial charge in [0.05, 0.1) is 6.61 Å². The van der Waals surface area contributed by atoms with E-state index in [1.807, 2.05) is 18.2 Å². The molecule has 0 saturated carbocycles.